The predicted molar refractivity (Wildman–Crippen MR) is 75.7 cm³/mol. The lowest BCUT2D eigenvalue weighted by molar-refractivity contribution is 0.102. The van der Waals surface area contributed by atoms with Crippen molar-refractivity contribution in [2.75, 3.05) is 5.75 Å². The van der Waals surface area contributed by atoms with E-state index in [2.05, 4.69) is 43.4 Å². The Balaban J connectivity index is 2.58. The monoisotopic (exact) mass is 334 g/mol. The minimum atomic E-state index is 0.152. The number of hydrogen-bond donors (Lipinski definition) is 0. The van der Waals surface area contributed by atoms with Gasteiger partial charge in [-0.2, -0.15) is 0 Å². The van der Waals surface area contributed by atoms with Crippen molar-refractivity contribution in [1.29, 1.82) is 0 Å². The number of benzene rings is 1. The number of carbonyl (C=O) groups is 1. The highest BCUT2D eigenvalue weighted by molar-refractivity contribution is 14.1. The summed E-state index contributed by atoms with van der Waals surface area (Å²) in [6.45, 7) is 6.37. The van der Waals surface area contributed by atoms with Crippen LogP contribution in [0.5, 0.6) is 0 Å². The van der Waals surface area contributed by atoms with Gasteiger partial charge in [0.25, 0.3) is 0 Å². The average Bonchev–Trinajstić information content (AvgIpc) is 2.14. The Morgan fingerprint density at radius 2 is 1.80 bits per heavy atom. The Morgan fingerprint density at radius 1 is 1.27 bits per heavy atom. The molecule has 0 saturated carbocycles. The third kappa shape index (κ3) is 5.02. The van der Waals surface area contributed by atoms with Gasteiger partial charge in [-0.3, -0.25) is 4.79 Å². The van der Waals surface area contributed by atoms with Gasteiger partial charge in [-0.1, -0.05) is 32.9 Å². The Morgan fingerprint density at radius 3 is 2.27 bits per heavy atom. The Labute approximate surface area is 109 Å². The Kier molecular flexibility index (Phi) is 4.64. The smallest absolute Gasteiger partial charge is 0.172 e. The molecule has 0 aromatic heterocycles. The van der Waals surface area contributed by atoms with Gasteiger partial charge in [-0.15, -0.1) is 11.8 Å². The number of rotatable bonds is 3. The van der Waals surface area contributed by atoms with Gasteiger partial charge in [0.05, 0.1) is 5.75 Å². The molecule has 1 nitrogen and oxygen atoms in total. The van der Waals surface area contributed by atoms with E-state index in [4.69, 9.17) is 0 Å². The maximum absolute atomic E-state index is 11.8. The molecule has 82 valence electrons. The first-order valence-corrected chi connectivity index (χ1v) is 6.88. The van der Waals surface area contributed by atoms with Gasteiger partial charge in [-0.05, 0) is 34.7 Å². The van der Waals surface area contributed by atoms with Crippen LogP contribution in [0.25, 0.3) is 0 Å². The van der Waals surface area contributed by atoms with Crippen LogP contribution < -0.4 is 0 Å². The molecule has 3 heteroatoms. The van der Waals surface area contributed by atoms with E-state index in [0.29, 0.717) is 5.75 Å². The van der Waals surface area contributed by atoms with Crippen LogP contribution in [-0.2, 0) is 0 Å². The summed E-state index contributed by atoms with van der Waals surface area (Å²) in [5, 5.41) is 0. The molecule has 0 spiro atoms. The molecule has 1 aromatic rings. The molecule has 0 amide bonds. The second-order valence-corrected chi connectivity index (χ2v) is 7.38. The van der Waals surface area contributed by atoms with Gasteiger partial charge in [0.15, 0.2) is 5.78 Å². The molecule has 0 N–H and O–H groups in total. The molecule has 0 aliphatic heterocycles. The van der Waals surface area contributed by atoms with Crippen molar-refractivity contribution in [3.8, 4) is 0 Å². The van der Waals surface area contributed by atoms with E-state index in [9.17, 15) is 4.79 Å². The van der Waals surface area contributed by atoms with Crippen molar-refractivity contribution in [3.63, 3.8) is 0 Å². The molecule has 1 rings (SSSR count). The molecule has 0 saturated heterocycles. The first-order chi connectivity index (χ1) is 6.88. The summed E-state index contributed by atoms with van der Waals surface area (Å²) in [6.07, 6.45) is 0. The predicted octanol–water partition coefficient (Wildman–Crippen LogP) is 4.01. The standard InChI is InChI=1S/C12H15IOS/c1-12(2,3)15-8-11(14)9-4-6-10(13)7-5-9/h4-7H,8H2,1-3H3. The van der Waals surface area contributed by atoms with E-state index in [0.717, 1.165) is 9.13 Å². The van der Waals surface area contributed by atoms with E-state index in [1.165, 1.54) is 0 Å². The molecule has 15 heavy (non-hydrogen) atoms. The molecular formula is C12H15IOS. The molecule has 0 aliphatic rings. The van der Waals surface area contributed by atoms with Gasteiger partial charge in [-0.25, -0.2) is 0 Å². The van der Waals surface area contributed by atoms with Crippen LogP contribution in [0, 0.1) is 3.57 Å². The third-order valence-electron chi connectivity index (χ3n) is 1.80. The first-order valence-electron chi connectivity index (χ1n) is 4.81. The zero-order chi connectivity index (χ0) is 11.5. The number of Topliss-reactive ketones (excluding diaryl/α,β-unsaturated/α-hetero) is 1. The van der Waals surface area contributed by atoms with E-state index in [1.807, 2.05) is 24.3 Å². The second kappa shape index (κ2) is 5.34. The fourth-order valence-corrected chi connectivity index (χ4v) is 2.09. The van der Waals surface area contributed by atoms with Gasteiger partial charge in [0.2, 0.25) is 0 Å². The van der Waals surface area contributed by atoms with Crippen LogP contribution in [0.4, 0.5) is 0 Å². The normalized spacial score (nSPS) is 11.5. The van der Waals surface area contributed by atoms with Crippen LogP contribution in [0.1, 0.15) is 31.1 Å². The number of carbonyl (C=O) groups excluding carboxylic acids is 1. The summed E-state index contributed by atoms with van der Waals surface area (Å²) in [4.78, 5) is 11.8. The highest BCUT2D eigenvalue weighted by Gasteiger charge is 2.14. The Bertz CT molecular complexity index is 338. The zero-order valence-electron chi connectivity index (χ0n) is 9.21. The molecule has 0 radical (unpaired) electrons. The minimum Gasteiger partial charge on any atom is -0.293 e. The molecular weight excluding hydrogens is 319 g/mol. The molecule has 0 aliphatic carbocycles. The van der Waals surface area contributed by atoms with Crippen molar-refractivity contribution < 1.29 is 4.79 Å². The molecule has 0 heterocycles. The van der Waals surface area contributed by atoms with Gasteiger partial charge in [0, 0.05) is 13.9 Å². The van der Waals surface area contributed by atoms with Crippen molar-refractivity contribution in [2.24, 2.45) is 0 Å². The van der Waals surface area contributed by atoms with Crippen molar-refractivity contribution in [1.82, 2.24) is 0 Å². The minimum absolute atomic E-state index is 0.152. The first kappa shape index (κ1) is 13.0. The van der Waals surface area contributed by atoms with E-state index < -0.39 is 0 Å². The maximum atomic E-state index is 11.8. The second-order valence-electron chi connectivity index (χ2n) is 4.33. The summed E-state index contributed by atoms with van der Waals surface area (Å²) in [6, 6.07) is 7.73. The number of halogens is 1. The molecule has 0 fully saturated rings. The topological polar surface area (TPSA) is 17.1 Å². The fourth-order valence-electron chi connectivity index (χ4n) is 1.00. The van der Waals surface area contributed by atoms with Crippen LogP contribution in [-0.4, -0.2) is 16.3 Å². The number of thioether (sulfide) groups is 1. The van der Waals surface area contributed by atoms with Gasteiger partial charge < -0.3 is 0 Å². The Hall–Kier alpha value is -0.0300. The highest BCUT2D eigenvalue weighted by atomic mass is 127. The van der Waals surface area contributed by atoms with E-state index in [-0.39, 0.29) is 10.5 Å². The average molecular weight is 334 g/mol. The summed E-state index contributed by atoms with van der Waals surface area (Å²) in [7, 11) is 0. The van der Waals surface area contributed by atoms with Crippen LogP contribution in [0.15, 0.2) is 24.3 Å². The molecule has 0 unspecified atom stereocenters. The van der Waals surface area contributed by atoms with Crippen LogP contribution in [0.2, 0.25) is 0 Å². The summed E-state index contributed by atoms with van der Waals surface area (Å²) >= 11 is 3.93. The SMILES string of the molecule is CC(C)(C)SCC(=O)c1ccc(I)cc1. The lowest BCUT2D eigenvalue weighted by Gasteiger charge is -2.16. The fraction of sp³-hybridized carbons (Fsp3) is 0.417. The maximum Gasteiger partial charge on any atom is 0.172 e. The highest BCUT2D eigenvalue weighted by Crippen LogP contribution is 2.24. The largest absolute Gasteiger partial charge is 0.293 e. The third-order valence-corrected chi connectivity index (χ3v) is 3.79. The van der Waals surface area contributed by atoms with Crippen molar-refractivity contribution >= 4 is 40.1 Å². The summed E-state index contributed by atoms with van der Waals surface area (Å²) in [5.74, 6) is 0.774. The van der Waals surface area contributed by atoms with Crippen molar-refractivity contribution in [2.45, 2.75) is 25.5 Å². The molecule has 0 bridgehead atoms. The van der Waals surface area contributed by atoms with E-state index in [1.54, 1.807) is 11.8 Å². The number of ketones is 1. The molecule has 0 atom stereocenters. The lowest BCUT2D eigenvalue weighted by Crippen LogP contribution is -2.13. The van der Waals surface area contributed by atoms with E-state index >= 15 is 0 Å². The van der Waals surface area contributed by atoms with Crippen molar-refractivity contribution in [3.05, 3.63) is 33.4 Å². The van der Waals surface area contributed by atoms with Crippen LogP contribution >= 0.6 is 34.4 Å². The lowest BCUT2D eigenvalue weighted by atomic mass is 10.2. The molecule has 1 aromatic carbocycles. The number of hydrogen-bond acceptors (Lipinski definition) is 2. The summed E-state index contributed by atoms with van der Waals surface area (Å²) in [5.41, 5.74) is 0.812. The van der Waals surface area contributed by atoms with Gasteiger partial charge in [0.1, 0.15) is 0 Å². The van der Waals surface area contributed by atoms with Gasteiger partial charge >= 0.3 is 0 Å². The van der Waals surface area contributed by atoms with Crippen LogP contribution in [0.3, 0.4) is 0 Å². The quantitative estimate of drug-likeness (QED) is 0.614. The zero-order valence-corrected chi connectivity index (χ0v) is 12.2. The summed E-state index contributed by atoms with van der Waals surface area (Å²) < 4.78 is 1.31.